The molecule has 1 unspecified atom stereocenters. The Balaban J connectivity index is 2.00. The van der Waals surface area contributed by atoms with Gasteiger partial charge in [0.1, 0.15) is 11.9 Å². The Labute approximate surface area is 174 Å². The number of rotatable bonds is 4. The zero-order valence-electron chi connectivity index (χ0n) is 16.2. The van der Waals surface area contributed by atoms with Crippen LogP contribution in [0.5, 0.6) is 0 Å². The first-order valence-electron chi connectivity index (χ1n) is 9.19. The topological polar surface area (TPSA) is 136 Å². The van der Waals surface area contributed by atoms with E-state index in [1.807, 2.05) is 0 Å². The van der Waals surface area contributed by atoms with Crippen LogP contribution in [0.25, 0.3) is 0 Å². The molecule has 10 nitrogen and oxygen atoms in total. The van der Waals surface area contributed by atoms with Crippen LogP contribution in [0, 0.1) is 10.1 Å². The zero-order chi connectivity index (χ0) is 22.3. The van der Waals surface area contributed by atoms with Crippen LogP contribution in [-0.2, 0) is 4.79 Å². The van der Waals surface area contributed by atoms with Crippen LogP contribution in [0.4, 0.5) is 11.5 Å². The number of nitrogens with zero attached hydrogens (tertiary/aromatic N) is 3. The summed E-state index contributed by atoms with van der Waals surface area (Å²) in [6, 6.07) is 13.6. The van der Waals surface area contributed by atoms with Crippen molar-refractivity contribution in [1.82, 2.24) is 9.36 Å². The lowest BCUT2D eigenvalue weighted by Crippen LogP contribution is -2.37. The number of fused-ring (bicyclic) bond motifs is 1. The van der Waals surface area contributed by atoms with Gasteiger partial charge in [-0.05, 0) is 24.6 Å². The van der Waals surface area contributed by atoms with Crippen molar-refractivity contribution in [1.29, 1.82) is 0 Å². The monoisotopic (exact) mass is 420 g/mol. The molecule has 31 heavy (non-hydrogen) atoms. The van der Waals surface area contributed by atoms with E-state index in [2.05, 4.69) is 5.32 Å². The van der Waals surface area contributed by atoms with Crippen molar-refractivity contribution in [3.8, 4) is 0 Å². The molecule has 0 saturated heterocycles. The molecule has 1 aliphatic rings. The number of allylic oxidation sites excluding steroid dienone is 1. The normalized spacial score (nSPS) is 15.2. The highest BCUT2D eigenvalue weighted by Gasteiger charge is 2.36. The van der Waals surface area contributed by atoms with Gasteiger partial charge in [0.25, 0.3) is 17.2 Å². The standard InChI is InChI=1S/C21H16N4O6/c1-12-18(21(28)29)19(14-8-5-9-15(10-14)25(30)31)23-16(22-12)11-17(26)24(23)20(27)13-6-3-2-4-7-13/h2-11,19,22H,1H3,(H,28,29). The summed E-state index contributed by atoms with van der Waals surface area (Å²) in [5.74, 6) is -1.74. The predicted octanol–water partition coefficient (Wildman–Crippen LogP) is 2.62. The number of aliphatic carboxylic acids is 1. The number of carboxylic acids is 1. The van der Waals surface area contributed by atoms with Gasteiger partial charge in [0.05, 0.1) is 10.5 Å². The SMILES string of the molecule is CC1=C(C(=O)O)C(c2cccc([N+](=O)[O-])c2)n2c(cc(=O)n2C(=O)c2ccccc2)N1. The van der Waals surface area contributed by atoms with Crippen LogP contribution in [0.1, 0.15) is 28.9 Å². The highest BCUT2D eigenvalue weighted by molar-refractivity contribution is 5.96. The Kier molecular flexibility index (Phi) is 4.74. The fourth-order valence-corrected chi connectivity index (χ4v) is 3.69. The largest absolute Gasteiger partial charge is 0.478 e. The number of nitro groups is 1. The van der Waals surface area contributed by atoms with E-state index >= 15 is 0 Å². The molecule has 0 bridgehead atoms. The average molecular weight is 420 g/mol. The fourth-order valence-electron chi connectivity index (χ4n) is 3.69. The van der Waals surface area contributed by atoms with Gasteiger partial charge >= 0.3 is 5.97 Å². The maximum Gasteiger partial charge on any atom is 0.335 e. The molecule has 3 aromatic rings. The summed E-state index contributed by atoms with van der Waals surface area (Å²) >= 11 is 0. The van der Waals surface area contributed by atoms with E-state index in [9.17, 15) is 29.6 Å². The van der Waals surface area contributed by atoms with Gasteiger partial charge in [0, 0.05) is 29.5 Å². The molecule has 1 aliphatic heterocycles. The molecule has 1 aromatic heterocycles. The molecule has 0 aliphatic carbocycles. The maximum absolute atomic E-state index is 13.2. The van der Waals surface area contributed by atoms with Crippen LogP contribution in [-0.4, -0.2) is 31.3 Å². The number of nitro benzene ring substituents is 1. The van der Waals surface area contributed by atoms with Crippen molar-refractivity contribution in [3.05, 3.63) is 104 Å². The molecule has 0 amide bonds. The molecule has 1 atom stereocenters. The molecular formula is C21H16N4O6. The lowest BCUT2D eigenvalue weighted by molar-refractivity contribution is -0.384. The average Bonchev–Trinajstić information content (AvgIpc) is 3.07. The second-order valence-electron chi connectivity index (χ2n) is 6.92. The second-order valence-corrected chi connectivity index (χ2v) is 6.92. The summed E-state index contributed by atoms with van der Waals surface area (Å²) in [5, 5.41) is 24.0. The number of benzene rings is 2. The van der Waals surface area contributed by atoms with Gasteiger partial charge in [-0.3, -0.25) is 19.7 Å². The predicted molar refractivity (Wildman–Crippen MR) is 110 cm³/mol. The number of aromatic nitrogens is 2. The third-order valence-electron chi connectivity index (χ3n) is 5.01. The molecule has 2 N–H and O–H groups in total. The minimum absolute atomic E-state index is 0.141. The molecular weight excluding hydrogens is 404 g/mol. The molecule has 0 radical (unpaired) electrons. The van der Waals surface area contributed by atoms with Crippen LogP contribution in [0.3, 0.4) is 0 Å². The maximum atomic E-state index is 13.2. The highest BCUT2D eigenvalue weighted by Crippen LogP contribution is 2.37. The third kappa shape index (κ3) is 3.29. The fraction of sp³-hybridized carbons (Fsp3) is 0.0952. The first kappa shape index (κ1) is 19.8. The Morgan fingerprint density at radius 1 is 1.10 bits per heavy atom. The van der Waals surface area contributed by atoms with Crippen LogP contribution in [0.15, 0.2) is 76.7 Å². The summed E-state index contributed by atoms with van der Waals surface area (Å²) in [6.07, 6.45) is 0. The van der Waals surface area contributed by atoms with Gasteiger partial charge in [-0.2, -0.15) is 4.68 Å². The lowest BCUT2D eigenvalue weighted by atomic mass is 9.95. The zero-order valence-corrected chi connectivity index (χ0v) is 16.2. The molecule has 2 aromatic carbocycles. The number of hydrogen-bond donors (Lipinski definition) is 2. The number of carbonyl (C=O) groups is 2. The first-order chi connectivity index (χ1) is 14.8. The van der Waals surface area contributed by atoms with Crippen molar-refractivity contribution < 1.29 is 19.6 Å². The Bertz CT molecular complexity index is 1320. The van der Waals surface area contributed by atoms with Crippen molar-refractivity contribution in [2.45, 2.75) is 13.0 Å². The van der Waals surface area contributed by atoms with E-state index in [0.717, 1.165) is 4.68 Å². The van der Waals surface area contributed by atoms with Gasteiger partial charge < -0.3 is 10.4 Å². The van der Waals surface area contributed by atoms with Crippen molar-refractivity contribution >= 4 is 23.4 Å². The summed E-state index contributed by atoms with van der Waals surface area (Å²) < 4.78 is 2.07. The quantitative estimate of drug-likeness (QED) is 0.489. The summed E-state index contributed by atoms with van der Waals surface area (Å²) in [4.78, 5) is 48.7. The van der Waals surface area contributed by atoms with Crippen molar-refractivity contribution in [2.24, 2.45) is 0 Å². The molecule has 2 heterocycles. The van der Waals surface area contributed by atoms with Crippen LogP contribution in [0.2, 0.25) is 0 Å². The summed E-state index contributed by atoms with van der Waals surface area (Å²) in [6.45, 7) is 1.53. The van der Waals surface area contributed by atoms with Crippen molar-refractivity contribution in [3.63, 3.8) is 0 Å². The molecule has 0 spiro atoms. The molecule has 156 valence electrons. The lowest BCUT2D eigenvalue weighted by Gasteiger charge is -2.30. The Hall–Kier alpha value is -4.47. The number of nitrogens with one attached hydrogen (secondary N) is 1. The third-order valence-corrected chi connectivity index (χ3v) is 5.01. The number of carboxylic acid groups (broad SMARTS) is 1. The molecule has 0 saturated carbocycles. The van der Waals surface area contributed by atoms with Crippen LogP contribution >= 0.6 is 0 Å². The van der Waals surface area contributed by atoms with E-state index in [4.69, 9.17) is 0 Å². The van der Waals surface area contributed by atoms with Gasteiger partial charge in [-0.25, -0.2) is 9.48 Å². The number of non-ortho nitro benzene ring substituents is 1. The molecule has 10 heteroatoms. The Morgan fingerprint density at radius 3 is 2.45 bits per heavy atom. The van der Waals surface area contributed by atoms with E-state index in [0.29, 0.717) is 0 Å². The smallest absolute Gasteiger partial charge is 0.335 e. The van der Waals surface area contributed by atoms with Gasteiger partial charge in [-0.15, -0.1) is 0 Å². The molecule has 4 rings (SSSR count). The van der Waals surface area contributed by atoms with Gasteiger partial charge in [0.15, 0.2) is 0 Å². The van der Waals surface area contributed by atoms with Crippen LogP contribution < -0.4 is 10.9 Å². The first-order valence-corrected chi connectivity index (χ1v) is 9.19. The number of hydrogen-bond acceptors (Lipinski definition) is 6. The highest BCUT2D eigenvalue weighted by atomic mass is 16.6. The number of anilines is 1. The van der Waals surface area contributed by atoms with Crippen molar-refractivity contribution in [2.75, 3.05) is 5.32 Å². The molecule has 0 fully saturated rings. The van der Waals surface area contributed by atoms with Gasteiger partial charge in [0.2, 0.25) is 0 Å². The minimum Gasteiger partial charge on any atom is -0.478 e. The van der Waals surface area contributed by atoms with Gasteiger partial charge in [-0.1, -0.05) is 30.3 Å². The Morgan fingerprint density at radius 2 is 1.81 bits per heavy atom. The summed E-state index contributed by atoms with van der Waals surface area (Å²) in [5.41, 5.74) is -0.307. The van der Waals surface area contributed by atoms with E-state index in [-0.39, 0.29) is 33.9 Å². The number of carbonyl (C=O) groups excluding carboxylic acids is 1. The van der Waals surface area contributed by atoms with E-state index < -0.39 is 28.4 Å². The van der Waals surface area contributed by atoms with E-state index in [1.54, 1.807) is 18.2 Å². The van der Waals surface area contributed by atoms with E-state index in [1.165, 1.54) is 54.1 Å². The second kappa shape index (κ2) is 7.41. The minimum atomic E-state index is -1.29. The summed E-state index contributed by atoms with van der Waals surface area (Å²) in [7, 11) is 0.